The van der Waals surface area contributed by atoms with Gasteiger partial charge in [0.1, 0.15) is 0 Å². The zero-order valence-electron chi connectivity index (χ0n) is 10.8. The molecule has 17 heavy (non-hydrogen) atoms. The molecule has 0 aromatic rings. The third-order valence-electron chi connectivity index (χ3n) is 2.34. The Labute approximate surface area is 102 Å². The lowest BCUT2D eigenvalue weighted by Gasteiger charge is -2.11. The van der Waals surface area contributed by atoms with Crippen LogP contribution in [0.4, 0.5) is 0 Å². The second-order valence-corrected chi connectivity index (χ2v) is 4.33. The van der Waals surface area contributed by atoms with Gasteiger partial charge in [-0.25, -0.2) is 0 Å². The largest absolute Gasteiger partial charge is 0.409 e. The van der Waals surface area contributed by atoms with Crippen LogP contribution in [0.5, 0.6) is 0 Å². The Hall–Kier alpha value is -1.30. The maximum atomic E-state index is 11.4. The molecular formula is C11H23N3O3. The minimum Gasteiger partial charge on any atom is -0.409 e. The number of oxime groups is 1. The minimum atomic E-state index is -0.629. The van der Waals surface area contributed by atoms with Crippen LogP contribution in [0.25, 0.3) is 0 Å². The lowest BCUT2D eigenvalue weighted by molar-refractivity contribution is -0.122. The van der Waals surface area contributed by atoms with Gasteiger partial charge in [0.25, 0.3) is 0 Å². The van der Waals surface area contributed by atoms with Crippen LogP contribution in [0.15, 0.2) is 5.16 Å². The number of rotatable bonds is 8. The second-order valence-electron chi connectivity index (χ2n) is 4.33. The van der Waals surface area contributed by atoms with Gasteiger partial charge >= 0.3 is 0 Å². The van der Waals surface area contributed by atoms with E-state index in [9.17, 15) is 4.79 Å². The fraction of sp³-hybridized carbons (Fsp3) is 0.818. The molecule has 0 saturated heterocycles. The van der Waals surface area contributed by atoms with Crippen molar-refractivity contribution >= 4 is 11.7 Å². The third kappa shape index (κ3) is 7.57. The number of amides is 1. The quantitative estimate of drug-likeness (QED) is 0.191. The molecule has 1 unspecified atom stereocenters. The Kier molecular flexibility index (Phi) is 8.13. The van der Waals surface area contributed by atoms with Crippen LogP contribution < -0.4 is 11.1 Å². The van der Waals surface area contributed by atoms with Crippen LogP contribution in [0.1, 0.15) is 27.2 Å². The van der Waals surface area contributed by atoms with E-state index < -0.39 is 5.92 Å². The van der Waals surface area contributed by atoms with Crippen LogP contribution in [0.3, 0.4) is 0 Å². The van der Waals surface area contributed by atoms with Gasteiger partial charge in [0, 0.05) is 13.2 Å². The Morgan fingerprint density at radius 2 is 2.06 bits per heavy atom. The zero-order valence-corrected chi connectivity index (χ0v) is 10.8. The van der Waals surface area contributed by atoms with E-state index in [-0.39, 0.29) is 11.7 Å². The first-order valence-corrected chi connectivity index (χ1v) is 5.81. The molecule has 1 atom stereocenters. The van der Waals surface area contributed by atoms with Crippen LogP contribution in [0, 0.1) is 11.8 Å². The van der Waals surface area contributed by atoms with Gasteiger partial charge in [-0.3, -0.25) is 4.79 Å². The summed E-state index contributed by atoms with van der Waals surface area (Å²) in [6, 6.07) is 0. The Balaban J connectivity index is 3.58. The number of hydrogen-bond acceptors (Lipinski definition) is 4. The SMILES string of the molecule is CC(C)CCOCCNC(=O)C(C)C(N)=NO. The van der Waals surface area contributed by atoms with E-state index in [0.29, 0.717) is 25.7 Å². The van der Waals surface area contributed by atoms with Crippen molar-refractivity contribution in [3.8, 4) is 0 Å². The highest BCUT2D eigenvalue weighted by Crippen LogP contribution is 1.98. The first kappa shape index (κ1) is 15.7. The second kappa shape index (κ2) is 8.81. The van der Waals surface area contributed by atoms with Crippen LogP contribution in [-0.4, -0.2) is 36.7 Å². The summed E-state index contributed by atoms with van der Waals surface area (Å²) in [5.74, 6) is -0.378. The fourth-order valence-electron chi connectivity index (χ4n) is 1.04. The number of hydrogen-bond donors (Lipinski definition) is 3. The molecule has 0 radical (unpaired) electrons. The summed E-state index contributed by atoms with van der Waals surface area (Å²) in [7, 11) is 0. The molecule has 0 saturated carbocycles. The van der Waals surface area contributed by atoms with Gasteiger partial charge in [0.05, 0.1) is 12.5 Å². The third-order valence-corrected chi connectivity index (χ3v) is 2.34. The van der Waals surface area contributed by atoms with E-state index in [0.717, 1.165) is 6.42 Å². The molecule has 6 nitrogen and oxygen atoms in total. The number of carbonyl (C=O) groups is 1. The number of nitrogens with one attached hydrogen (secondary N) is 1. The molecule has 0 heterocycles. The molecule has 0 aliphatic rings. The van der Waals surface area contributed by atoms with E-state index >= 15 is 0 Å². The Morgan fingerprint density at radius 1 is 1.41 bits per heavy atom. The molecule has 0 bridgehead atoms. The van der Waals surface area contributed by atoms with Gasteiger partial charge in [-0.15, -0.1) is 0 Å². The topological polar surface area (TPSA) is 96.9 Å². The van der Waals surface area contributed by atoms with Crippen LogP contribution in [-0.2, 0) is 9.53 Å². The summed E-state index contributed by atoms with van der Waals surface area (Å²) in [6.45, 7) is 7.43. The molecule has 0 spiro atoms. The molecule has 0 aliphatic heterocycles. The van der Waals surface area contributed by atoms with Gasteiger partial charge in [-0.05, 0) is 19.3 Å². The summed E-state index contributed by atoms with van der Waals surface area (Å²) in [4.78, 5) is 11.4. The molecule has 0 fully saturated rings. The molecule has 0 aromatic carbocycles. The van der Waals surface area contributed by atoms with Crippen LogP contribution in [0.2, 0.25) is 0 Å². The predicted molar refractivity (Wildman–Crippen MR) is 65.9 cm³/mol. The van der Waals surface area contributed by atoms with E-state index in [4.69, 9.17) is 15.7 Å². The summed E-state index contributed by atoms with van der Waals surface area (Å²) >= 11 is 0. The van der Waals surface area contributed by atoms with Gasteiger partial charge in [-0.1, -0.05) is 19.0 Å². The minimum absolute atomic E-state index is 0.0942. The molecule has 0 aliphatic carbocycles. The highest BCUT2D eigenvalue weighted by molar-refractivity contribution is 6.01. The first-order chi connectivity index (χ1) is 7.99. The van der Waals surface area contributed by atoms with Crippen molar-refractivity contribution in [2.45, 2.75) is 27.2 Å². The number of ether oxygens (including phenoxy) is 1. The fourth-order valence-corrected chi connectivity index (χ4v) is 1.04. The monoisotopic (exact) mass is 245 g/mol. The van der Waals surface area contributed by atoms with E-state index in [1.807, 2.05) is 0 Å². The summed E-state index contributed by atoms with van der Waals surface area (Å²) in [5.41, 5.74) is 5.31. The van der Waals surface area contributed by atoms with Gasteiger partial charge in [0.15, 0.2) is 5.84 Å². The lowest BCUT2D eigenvalue weighted by Crippen LogP contribution is -2.38. The van der Waals surface area contributed by atoms with Gasteiger partial charge in [-0.2, -0.15) is 0 Å². The predicted octanol–water partition coefficient (Wildman–Crippen LogP) is 0.548. The van der Waals surface area contributed by atoms with Crippen molar-refractivity contribution < 1.29 is 14.7 Å². The lowest BCUT2D eigenvalue weighted by atomic mass is 10.1. The zero-order chi connectivity index (χ0) is 13.3. The van der Waals surface area contributed by atoms with Gasteiger partial charge < -0.3 is 21.0 Å². The molecule has 100 valence electrons. The maximum Gasteiger partial charge on any atom is 0.230 e. The molecule has 1 amide bonds. The number of nitrogens with zero attached hydrogens (tertiary/aromatic N) is 1. The number of amidine groups is 1. The van der Waals surface area contributed by atoms with Crippen molar-refractivity contribution in [1.82, 2.24) is 5.32 Å². The van der Waals surface area contributed by atoms with Crippen molar-refractivity contribution in [3.63, 3.8) is 0 Å². The highest BCUT2D eigenvalue weighted by Gasteiger charge is 2.16. The summed E-state index contributed by atoms with van der Waals surface area (Å²) < 4.78 is 5.34. The Bertz CT molecular complexity index is 254. The van der Waals surface area contributed by atoms with E-state index in [1.54, 1.807) is 6.92 Å². The summed E-state index contributed by atoms with van der Waals surface area (Å²) in [6.07, 6.45) is 1.01. The van der Waals surface area contributed by atoms with Gasteiger partial charge in [0.2, 0.25) is 5.91 Å². The normalized spacial score (nSPS) is 13.8. The first-order valence-electron chi connectivity index (χ1n) is 5.81. The average Bonchev–Trinajstić information content (AvgIpc) is 2.30. The van der Waals surface area contributed by atoms with Crippen molar-refractivity contribution in [3.05, 3.63) is 0 Å². The van der Waals surface area contributed by atoms with Crippen LogP contribution >= 0.6 is 0 Å². The molecule has 4 N–H and O–H groups in total. The van der Waals surface area contributed by atoms with E-state index in [2.05, 4.69) is 24.3 Å². The van der Waals surface area contributed by atoms with E-state index in [1.165, 1.54) is 0 Å². The molecule has 0 rings (SSSR count). The maximum absolute atomic E-state index is 11.4. The summed E-state index contributed by atoms with van der Waals surface area (Å²) in [5, 5.41) is 13.8. The number of nitrogens with two attached hydrogens (primary N) is 1. The van der Waals surface area contributed by atoms with Crippen molar-refractivity contribution in [2.24, 2.45) is 22.7 Å². The molecule has 0 aromatic heterocycles. The van der Waals surface area contributed by atoms with Crippen molar-refractivity contribution in [2.75, 3.05) is 19.8 Å². The van der Waals surface area contributed by atoms with Crippen molar-refractivity contribution in [1.29, 1.82) is 0 Å². The standard InChI is InChI=1S/C11H23N3O3/c1-8(2)4-6-17-7-5-13-11(15)9(3)10(12)14-16/h8-9,16H,4-7H2,1-3H3,(H2,12,14)(H,13,15). The highest BCUT2D eigenvalue weighted by atomic mass is 16.5. The molecular weight excluding hydrogens is 222 g/mol. The number of carbonyl (C=O) groups excluding carboxylic acids is 1. The smallest absolute Gasteiger partial charge is 0.230 e. The molecule has 6 heteroatoms. The average molecular weight is 245 g/mol. The Morgan fingerprint density at radius 3 is 2.59 bits per heavy atom.